The standard InChI is InChI=1S/C15H15NOS/c17-15(16-13-9-5-2-6-10-13)14(18)11-12-7-3-1-4-8-12/h1-10,14,18H,11H2,(H,16,17)/t14-/m1/s1. The number of thiol groups is 1. The maximum absolute atomic E-state index is 11.9. The lowest BCUT2D eigenvalue weighted by molar-refractivity contribution is -0.115. The Morgan fingerprint density at radius 1 is 1.00 bits per heavy atom. The minimum atomic E-state index is -0.340. The third-order valence-corrected chi connectivity index (χ3v) is 3.03. The van der Waals surface area contributed by atoms with E-state index >= 15 is 0 Å². The average molecular weight is 257 g/mol. The van der Waals surface area contributed by atoms with Crippen LogP contribution in [-0.2, 0) is 11.2 Å². The largest absolute Gasteiger partial charge is 0.325 e. The molecule has 92 valence electrons. The SMILES string of the molecule is O=C(Nc1ccccc1)[C@H](S)Cc1ccccc1. The Bertz CT molecular complexity index is 498. The minimum Gasteiger partial charge on any atom is -0.325 e. The molecule has 0 bridgehead atoms. The van der Waals surface area contributed by atoms with Gasteiger partial charge in [-0.3, -0.25) is 4.79 Å². The van der Waals surface area contributed by atoms with Gasteiger partial charge < -0.3 is 5.32 Å². The van der Waals surface area contributed by atoms with Gasteiger partial charge in [-0.2, -0.15) is 12.6 Å². The number of carbonyl (C=O) groups excluding carboxylic acids is 1. The highest BCUT2D eigenvalue weighted by atomic mass is 32.1. The molecule has 1 amide bonds. The summed E-state index contributed by atoms with van der Waals surface area (Å²) >= 11 is 4.35. The van der Waals surface area contributed by atoms with E-state index in [-0.39, 0.29) is 11.2 Å². The van der Waals surface area contributed by atoms with Crippen molar-refractivity contribution in [3.05, 3.63) is 66.2 Å². The molecular formula is C15H15NOS. The summed E-state index contributed by atoms with van der Waals surface area (Å²) in [5.41, 5.74) is 1.91. The first-order valence-electron chi connectivity index (χ1n) is 5.83. The Balaban J connectivity index is 1.93. The van der Waals surface area contributed by atoms with Crippen molar-refractivity contribution in [2.24, 2.45) is 0 Å². The molecule has 0 unspecified atom stereocenters. The molecule has 0 saturated carbocycles. The quantitative estimate of drug-likeness (QED) is 0.809. The van der Waals surface area contributed by atoms with Crippen molar-refractivity contribution in [1.29, 1.82) is 0 Å². The predicted octanol–water partition coefficient (Wildman–Crippen LogP) is 3.17. The van der Waals surface area contributed by atoms with Gasteiger partial charge in [0.25, 0.3) is 0 Å². The summed E-state index contributed by atoms with van der Waals surface area (Å²) in [6, 6.07) is 19.3. The fourth-order valence-corrected chi connectivity index (χ4v) is 1.95. The smallest absolute Gasteiger partial charge is 0.237 e. The monoisotopic (exact) mass is 257 g/mol. The number of amides is 1. The zero-order chi connectivity index (χ0) is 12.8. The molecule has 2 aromatic carbocycles. The molecular weight excluding hydrogens is 242 g/mol. The number of anilines is 1. The molecule has 0 aliphatic carbocycles. The van der Waals surface area contributed by atoms with E-state index in [1.165, 1.54) is 0 Å². The first kappa shape index (κ1) is 12.7. The van der Waals surface area contributed by atoms with E-state index in [2.05, 4.69) is 17.9 Å². The lowest BCUT2D eigenvalue weighted by atomic mass is 10.1. The van der Waals surface area contributed by atoms with Crippen LogP contribution < -0.4 is 5.32 Å². The van der Waals surface area contributed by atoms with Crippen LogP contribution in [0.4, 0.5) is 5.69 Å². The van der Waals surface area contributed by atoms with Crippen LogP contribution in [0.3, 0.4) is 0 Å². The van der Waals surface area contributed by atoms with Crippen LogP contribution in [0.2, 0.25) is 0 Å². The van der Waals surface area contributed by atoms with E-state index in [4.69, 9.17) is 0 Å². The molecule has 2 rings (SSSR count). The summed E-state index contributed by atoms with van der Waals surface area (Å²) in [7, 11) is 0. The summed E-state index contributed by atoms with van der Waals surface area (Å²) in [6.45, 7) is 0. The van der Waals surface area contributed by atoms with Crippen LogP contribution in [0.5, 0.6) is 0 Å². The fraction of sp³-hybridized carbons (Fsp3) is 0.133. The second-order valence-corrected chi connectivity index (χ2v) is 4.68. The van der Waals surface area contributed by atoms with Gasteiger partial charge in [0.1, 0.15) is 0 Å². The van der Waals surface area contributed by atoms with Crippen LogP contribution in [-0.4, -0.2) is 11.2 Å². The Morgan fingerprint density at radius 2 is 1.56 bits per heavy atom. The van der Waals surface area contributed by atoms with Crippen LogP contribution in [0, 0.1) is 0 Å². The normalized spacial score (nSPS) is 11.8. The van der Waals surface area contributed by atoms with Crippen LogP contribution in [0.1, 0.15) is 5.56 Å². The molecule has 0 fully saturated rings. The second-order valence-electron chi connectivity index (χ2n) is 4.06. The van der Waals surface area contributed by atoms with Gasteiger partial charge in [-0.05, 0) is 24.1 Å². The minimum absolute atomic E-state index is 0.0756. The van der Waals surface area contributed by atoms with Crippen LogP contribution >= 0.6 is 12.6 Å². The summed E-state index contributed by atoms with van der Waals surface area (Å²) in [6.07, 6.45) is 0.628. The molecule has 18 heavy (non-hydrogen) atoms. The van der Waals surface area contributed by atoms with Crippen molar-refractivity contribution in [2.45, 2.75) is 11.7 Å². The molecule has 1 N–H and O–H groups in total. The third-order valence-electron chi connectivity index (χ3n) is 2.62. The number of rotatable bonds is 4. The van der Waals surface area contributed by atoms with E-state index < -0.39 is 0 Å². The highest BCUT2D eigenvalue weighted by Gasteiger charge is 2.14. The molecule has 1 atom stereocenters. The van der Waals surface area contributed by atoms with E-state index in [1.54, 1.807) is 0 Å². The van der Waals surface area contributed by atoms with Crippen LogP contribution in [0.15, 0.2) is 60.7 Å². The molecule has 2 nitrogen and oxygen atoms in total. The Kier molecular flexibility index (Phi) is 4.42. The van der Waals surface area contributed by atoms with Crippen molar-refractivity contribution < 1.29 is 4.79 Å². The van der Waals surface area contributed by atoms with Gasteiger partial charge in [-0.25, -0.2) is 0 Å². The average Bonchev–Trinajstić information content (AvgIpc) is 2.41. The molecule has 0 spiro atoms. The van der Waals surface area contributed by atoms with Crippen molar-refractivity contribution in [1.82, 2.24) is 0 Å². The Morgan fingerprint density at radius 3 is 2.17 bits per heavy atom. The third kappa shape index (κ3) is 3.64. The molecule has 0 aromatic heterocycles. The van der Waals surface area contributed by atoms with Crippen molar-refractivity contribution in [3.63, 3.8) is 0 Å². The van der Waals surface area contributed by atoms with Crippen molar-refractivity contribution in [2.75, 3.05) is 5.32 Å². The number of para-hydroxylation sites is 1. The van der Waals surface area contributed by atoms with Crippen molar-refractivity contribution >= 4 is 24.2 Å². The maximum Gasteiger partial charge on any atom is 0.237 e. The molecule has 0 saturated heterocycles. The number of hydrogen-bond acceptors (Lipinski definition) is 2. The van der Waals surface area contributed by atoms with Gasteiger partial charge >= 0.3 is 0 Å². The lowest BCUT2D eigenvalue weighted by Gasteiger charge is -2.11. The fourth-order valence-electron chi connectivity index (χ4n) is 1.68. The topological polar surface area (TPSA) is 29.1 Å². The second kappa shape index (κ2) is 6.26. The maximum atomic E-state index is 11.9. The first-order chi connectivity index (χ1) is 8.75. The van der Waals surface area contributed by atoms with E-state index in [1.807, 2.05) is 60.7 Å². The van der Waals surface area contributed by atoms with Gasteiger partial charge in [0.2, 0.25) is 5.91 Å². The predicted molar refractivity (Wildman–Crippen MR) is 78.0 cm³/mol. The molecule has 3 heteroatoms. The molecule has 0 aliphatic heterocycles. The highest BCUT2D eigenvalue weighted by Crippen LogP contribution is 2.11. The molecule has 0 aliphatic rings. The van der Waals surface area contributed by atoms with Gasteiger partial charge in [0.05, 0.1) is 5.25 Å². The van der Waals surface area contributed by atoms with Gasteiger partial charge in [-0.1, -0.05) is 48.5 Å². The number of hydrogen-bond donors (Lipinski definition) is 2. The van der Waals surface area contributed by atoms with E-state index in [9.17, 15) is 4.79 Å². The van der Waals surface area contributed by atoms with Crippen LogP contribution in [0.25, 0.3) is 0 Å². The Labute approximate surface area is 112 Å². The number of benzene rings is 2. The molecule has 0 radical (unpaired) electrons. The summed E-state index contributed by atoms with van der Waals surface area (Å²) in [4.78, 5) is 11.9. The van der Waals surface area contributed by atoms with E-state index in [0.717, 1.165) is 11.3 Å². The number of carbonyl (C=O) groups is 1. The van der Waals surface area contributed by atoms with E-state index in [0.29, 0.717) is 6.42 Å². The highest BCUT2D eigenvalue weighted by molar-refractivity contribution is 7.81. The zero-order valence-electron chi connectivity index (χ0n) is 9.91. The summed E-state index contributed by atoms with van der Waals surface area (Å²) in [5, 5.41) is 2.51. The van der Waals surface area contributed by atoms with Gasteiger partial charge in [0.15, 0.2) is 0 Å². The first-order valence-corrected chi connectivity index (χ1v) is 6.35. The van der Waals surface area contributed by atoms with Gasteiger partial charge in [0, 0.05) is 5.69 Å². The zero-order valence-corrected chi connectivity index (χ0v) is 10.8. The summed E-state index contributed by atoms with van der Waals surface area (Å²) in [5.74, 6) is -0.0756. The summed E-state index contributed by atoms with van der Waals surface area (Å²) < 4.78 is 0. The van der Waals surface area contributed by atoms with Gasteiger partial charge in [-0.15, -0.1) is 0 Å². The number of nitrogens with one attached hydrogen (secondary N) is 1. The molecule has 2 aromatic rings. The lowest BCUT2D eigenvalue weighted by Crippen LogP contribution is -2.25. The Hall–Kier alpha value is -1.74. The van der Waals surface area contributed by atoms with Crippen molar-refractivity contribution in [3.8, 4) is 0 Å². The molecule has 0 heterocycles.